The smallest absolute Gasteiger partial charge is 0.418 e. The first kappa shape index (κ1) is 16.4. The van der Waals surface area contributed by atoms with Crippen LogP contribution >= 0.6 is 0 Å². The van der Waals surface area contributed by atoms with Gasteiger partial charge in [-0.1, -0.05) is 6.07 Å². The Bertz CT molecular complexity index is 811. The van der Waals surface area contributed by atoms with E-state index in [4.69, 9.17) is 4.55 Å². The van der Waals surface area contributed by atoms with Gasteiger partial charge in [0.25, 0.3) is 5.91 Å². The zero-order valence-corrected chi connectivity index (χ0v) is 13.1. The first-order chi connectivity index (χ1) is 11.2. The molecule has 0 spiro atoms. The topological polar surface area (TPSA) is 146 Å². The molecule has 130 valence electrons. The van der Waals surface area contributed by atoms with E-state index in [-0.39, 0.29) is 12.3 Å². The van der Waals surface area contributed by atoms with Crippen LogP contribution in [-0.4, -0.2) is 53.6 Å². The van der Waals surface area contributed by atoms with Crippen LogP contribution in [0.3, 0.4) is 0 Å². The van der Waals surface area contributed by atoms with Crippen LogP contribution in [0.15, 0.2) is 18.2 Å². The van der Waals surface area contributed by atoms with Gasteiger partial charge in [0.2, 0.25) is 0 Å². The third-order valence-electron chi connectivity index (χ3n) is 3.75. The number of hydrogen-bond donors (Lipinski definition) is 3. The van der Waals surface area contributed by atoms with Crippen LogP contribution in [0.5, 0.6) is 5.75 Å². The highest BCUT2D eigenvalue weighted by Gasteiger charge is 2.52. The molecule has 1 fully saturated rings. The van der Waals surface area contributed by atoms with E-state index in [9.17, 15) is 23.1 Å². The number of nitrogens with zero attached hydrogens (tertiary/aromatic N) is 2. The normalized spacial score (nSPS) is 22.5. The maximum atomic E-state index is 12.4. The van der Waals surface area contributed by atoms with E-state index >= 15 is 0 Å². The van der Waals surface area contributed by atoms with Gasteiger partial charge in [0.1, 0.15) is 17.8 Å². The predicted molar refractivity (Wildman–Crippen MR) is 75.3 cm³/mol. The van der Waals surface area contributed by atoms with Crippen molar-refractivity contribution in [2.75, 3.05) is 13.7 Å². The summed E-state index contributed by atoms with van der Waals surface area (Å²) in [6.07, 6.45) is 0. The van der Waals surface area contributed by atoms with Gasteiger partial charge in [-0.3, -0.25) is 14.2 Å². The number of phenolic OH excluding ortho intramolecular Hbond substituents is 1. The number of carbonyl (C=O) groups is 2. The highest BCUT2D eigenvalue weighted by Crippen LogP contribution is 2.45. The Morgan fingerprint density at radius 1 is 1.38 bits per heavy atom. The van der Waals surface area contributed by atoms with Crippen LogP contribution in [0.2, 0.25) is 0 Å². The highest BCUT2D eigenvalue weighted by molar-refractivity contribution is 7.80. The number of phenols is 1. The molecule has 3 amide bonds. The SMILES string of the molecule is CONC(=O)[C@H]1c2ccc(O)cc2[C@@H]2CN1C(=O)N2OS(=O)(=O)O. The van der Waals surface area contributed by atoms with Crippen LogP contribution in [0.25, 0.3) is 0 Å². The van der Waals surface area contributed by atoms with Crippen molar-refractivity contribution >= 4 is 22.3 Å². The molecule has 0 aromatic heterocycles. The molecule has 3 N–H and O–H groups in total. The Kier molecular flexibility index (Phi) is 3.83. The average Bonchev–Trinajstić information content (AvgIpc) is 2.74. The second-order valence-electron chi connectivity index (χ2n) is 5.16. The Labute approximate surface area is 136 Å². The zero-order chi connectivity index (χ0) is 17.6. The molecule has 1 saturated heterocycles. The lowest BCUT2D eigenvalue weighted by molar-refractivity contribution is -0.136. The molecule has 11 nitrogen and oxygen atoms in total. The fraction of sp³-hybridized carbons (Fsp3) is 0.333. The summed E-state index contributed by atoms with van der Waals surface area (Å²) in [6, 6.07) is 1.10. The van der Waals surface area contributed by atoms with Gasteiger partial charge in [-0.2, -0.15) is 13.5 Å². The molecule has 2 aliphatic heterocycles. The lowest BCUT2D eigenvalue weighted by Gasteiger charge is -2.31. The van der Waals surface area contributed by atoms with Gasteiger partial charge in [-0.15, -0.1) is 4.28 Å². The molecule has 1 aromatic carbocycles. The molecule has 0 unspecified atom stereocenters. The summed E-state index contributed by atoms with van der Waals surface area (Å²) in [6.45, 7) is -0.0768. The van der Waals surface area contributed by atoms with Gasteiger partial charge in [-0.05, 0) is 23.3 Å². The summed E-state index contributed by atoms with van der Waals surface area (Å²) in [7, 11) is -3.73. The van der Waals surface area contributed by atoms with E-state index in [0.29, 0.717) is 16.2 Å². The number of benzene rings is 1. The summed E-state index contributed by atoms with van der Waals surface area (Å²) in [4.78, 5) is 30.3. The minimum atomic E-state index is -4.95. The van der Waals surface area contributed by atoms with Gasteiger partial charge in [0, 0.05) is 0 Å². The van der Waals surface area contributed by atoms with E-state index in [1.165, 1.54) is 25.3 Å². The molecule has 12 heteroatoms. The second kappa shape index (κ2) is 5.59. The van der Waals surface area contributed by atoms with Gasteiger partial charge < -0.3 is 10.0 Å². The van der Waals surface area contributed by atoms with Crippen molar-refractivity contribution in [1.82, 2.24) is 15.4 Å². The van der Waals surface area contributed by atoms with Crippen molar-refractivity contribution in [3.05, 3.63) is 29.3 Å². The highest BCUT2D eigenvalue weighted by atomic mass is 32.3. The molecule has 24 heavy (non-hydrogen) atoms. The molecular weight excluding hydrogens is 346 g/mol. The van der Waals surface area contributed by atoms with Crippen molar-refractivity contribution in [3.8, 4) is 5.75 Å². The Hall–Kier alpha value is -2.41. The second-order valence-corrected chi connectivity index (χ2v) is 6.17. The van der Waals surface area contributed by atoms with Crippen molar-refractivity contribution in [2.45, 2.75) is 12.1 Å². The monoisotopic (exact) mass is 359 g/mol. The van der Waals surface area contributed by atoms with Crippen LogP contribution in [-0.2, 0) is 24.3 Å². The van der Waals surface area contributed by atoms with E-state index in [0.717, 1.165) is 4.90 Å². The summed E-state index contributed by atoms with van der Waals surface area (Å²) >= 11 is 0. The molecule has 0 saturated carbocycles. The van der Waals surface area contributed by atoms with Gasteiger partial charge in [-0.25, -0.2) is 10.3 Å². The Morgan fingerprint density at radius 3 is 2.71 bits per heavy atom. The largest absolute Gasteiger partial charge is 0.508 e. The summed E-state index contributed by atoms with van der Waals surface area (Å²) in [5.41, 5.74) is 2.80. The number of rotatable bonds is 4. The summed E-state index contributed by atoms with van der Waals surface area (Å²) in [5, 5.41) is 10.1. The number of nitrogens with one attached hydrogen (secondary N) is 1. The Balaban J connectivity index is 2.10. The molecule has 1 aromatic rings. The number of urea groups is 1. The number of carbonyl (C=O) groups excluding carboxylic acids is 2. The van der Waals surface area contributed by atoms with Gasteiger partial charge in [0.05, 0.1) is 13.7 Å². The number of amides is 3. The maximum Gasteiger partial charge on any atom is 0.418 e. The fourth-order valence-corrected chi connectivity index (χ4v) is 3.30. The first-order valence-electron chi connectivity index (χ1n) is 6.65. The van der Waals surface area contributed by atoms with Crippen molar-refractivity contribution < 1.29 is 36.8 Å². The van der Waals surface area contributed by atoms with E-state index in [1.807, 2.05) is 0 Å². The molecule has 2 heterocycles. The Morgan fingerprint density at radius 2 is 2.08 bits per heavy atom. The minimum Gasteiger partial charge on any atom is -0.508 e. The first-order valence-corrected chi connectivity index (χ1v) is 8.02. The standard InChI is InChI=1S/C12H13N3O8S/c1-22-13-11(17)10-7-3-2-6(16)4-8(7)9-5-14(10)12(18)15(9)23-24(19,20)21/h2-4,9-10,16H,5H2,1H3,(H,13,17)(H,19,20,21)/t9-,10+/m0/s1. The molecule has 3 rings (SSSR count). The number of fused-ring (bicyclic) bond motifs is 4. The average molecular weight is 359 g/mol. The van der Waals surface area contributed by atoms with E-state index < -0.39 is 34.4 Å². The number of aromatic hydroxyl groups is 1. The van der Waals surface area contributed by atoms with Crippen LogP contribution in [0.1, 0.15) is 23.2 Å². The number of hydroxylamine groups is 3. The number of hydrogen-bond acceptors (Lipinski definition) is 7. The van der Waals surface area contributed by atoms with Crippen LogP contribution in [0.4, 0.5) is 4.79 Å². The van der Waals surface area contributed by atoms with Gasteiger partial charge >= 0.3 is 16.4 Å². The van der Waals surface area contributed by atoms with Crippen molar-refractivity contribution in [1.29, 1.82) is 0 Å². The molecule has 2 atom stereocenters. The maximum absolute atomic E-state index is 12.4. The van der Waals surface area contributed by atoms with Crippen molar-refractivity contribution in [3.63, 3.8) is 0 Å². The van der Waals surface area contributed by atoms with Gasteiger partial charge in [0.15, 0.2) is 0 Å². The minimum absolute atomic E-state index is 0.0768. The van der Waals surface area contributed by atoms with Crippen molar-refractivity contribution in [2.24, 2.45) is 0 Å². The predicted octanol–water partition coefficient (Wildman–Crippen LogP) is -0.362. The lowest BCUT2D eigenvalue weighted by Crippen LogP contribution is -2.43. The molecule has 0 radical (unpaired) electrons. The lowest BCUT2D eigenvalue weighted by atomic mass is 9.90. The molecular formula is C12H13N3O8S. The fourth-order valence-electron chi connectivity index (χ4n) is 2.93. The van der Waals surface area contributed by atoms with Crippen LogP contribution in [0, 0.1) is 0 Å². The summed E-state index contributed by atoms with van der Waals surface area (Å²) in [5.74, 6) is -0.802. The van der Waals surface area contributed by atoms with E-state index in [2.05, 4.69) is 14.6 Å². The van der Waals surface area contributed by atoms with E-state index in [1.54, 1.807) is 0 Å². The molecule has 2 aliphatic rings. The third kappa shape index (κ3) is 2.65. The molecule has 2 bridgehead atoms. The zero-order valence-electron chi connectivity index (χ0n) is 12.2. The summed E-state index contributed by atoms with van der Waals surface area (Å²) < 4.78 is 35.2. The quantitative estimate of drug-likeness (QED) is 0.488. The van der Waals surface area contributed by atoms with Crippen LogP contribution < -0.4 is 5.48 Å². The third-order valence-corrected chi connectivity index (χ3v) is 4.10. The molecule has 0 aliphatic carbocycles.